The van der Waals surface area contributed by atoms with E-state index in [0.717, 1.165) is 11.1 Å². The molecule has 0 aromatic heterocycles. The van der Waals surface area contributed by atoms with Gasteiger partial charge >= 0.3 is 0 Å². The summed E-state index contributed by atoms with van der Waals surface area (Å²) in [5.74, 6) is 0.280. The number of allylic oxidation sites excluding steroid dienone is 1. The van der Waals surface area contributed by atoms with Gasteiger partial charge < -0.3 is 5.11 Å². The van der Waals surface area contributed by atoms with Gasteiger partial charge in [-0.05, 0) is 25.0 Å². The minimum absolute atomic E-state index is 0.280. The number of rotatable bonds is 2. The maximum absolute atomic E-state index is 9.58. The highest BCUT2D eigenvalue weighted by Gasteiger charge is 2.06. The zero-order valence-corrected chi connectivity index (χ0v) is 7.73. The third-order valence-corrected chi connectivity index (χ3v) is 2.13. The first kappa shape index (κ1) is 9.14. The van der Waals surface area contributed by atoms with Crippen LogP contribution in [-0.2, 0) is 6.42 Å². The van der Waals surface area contributed by atoms with Crippen molar-refractivity contribution < 1.29 is 5.11 Å². The summed E-state index contributed by atoms with van der Waals surface area (Å²) in [6.07, 6.45) is 2.33. The van der Waals surface area contributed by atoms with E-state index in [9.17, 15) is 5.11 Å². The monoisotopic (exact) mass is 182 g/mol. The third kappa shape index (κ3) is 1.62. The number of hydrogen-bond donors (Lipinski definition) is 1. The van der Waals surface area contributed by atoms with Crippen molar-refractivity contribution in [2.75, 3.05) is 0 Å². The quantitative estimate of drug-likeness (QED) is 0.697. The zero-order valence-electron chi connectivity index (χ0n) is 6.97. The van der Waals surface area contributed by atoms with Gasteiger partial charge in [-0.2, -0.15) is 0 Å². The van der Waals surface area contributed by atoms with E-state index in [1.54, 1.807) is 18.2 Å². The van der Waals surface area contributed by atoms with Crippen molar-refractivity contribution in [3.63, 3.8) is 0 Å². The Labute approximate surface area is 77.3 Å². The van der Waals surface area contributed by atoms with Gasteiger partial charge in [-0.25, -0.2) is 0 Å². The first-order chi connectivity index (χ1) is 5.66. The second kappa shape index (κ2) is 3.63. The second-order valence-corrected chi connectivity index (χ2v) is 3.09. The summed E-state index contributed by atoms with van der Waals surface area (Å²) in [6, 6.07) is 3.58. The van der Waals surface area contributed by atoms with Crippen molar-refractivity contribution in [1.82, 2.24) is 0 Å². The van der Waals surface area contributed by atoms with Crippen LogP contribution in [0.15, 0.2) is 24.8 Å². The molecule has 0 radical (unpaired) electrons. The number of aromatic hydroxyl groups is 1. The predicted molar refractivity (Wildman–Crippen MR) is 51.8 cm³/mol. The van der Waals surface area contributed by atoms with Crippen LogP contribution in [0.3, 0.4) is 0 Å². The summed E-state index contributed by atoms with van der Waals surface area (Å²) in [7, 11) is 0. The number of hydrogen-bond acceptors (Lipinski definition) is 1. The van der Waals surface area contributed by atoms with Gasteiger partial charge in [-0.15, -0.1) is 6.58 Å². The van der Waals surface area contributed by atoms with Gasteiger partial charge in [0.25, 0.3) is 0 Å². The lowest BCUT2D eigenvalue weighted by atomic mass is 10.1. The Morgan fingerprint density at radius 2 is 2.25 bits per heavy atom. The van der Waals surface area contributed by atoms with E-state index >= 15 is 0 Å². The van der Waals surface area contributed by atoms with Gasteiger partial charge in [0, 0.05) is 10.6 Å². The van der Waals surface area contributed by atoms with Crippen molar-refractivity contribution in [3.05, 3.63) is 40.9 Å². The van der Waals surface area contributed by atoms with Crippen LogP contribution in [0, 0.1) is 6.92 Å². The molecule has 0 heterocycles. The van der Waals surface area contributed by atoms with E-state index in [2.05, 4.69) is 6.58 Å². The van der Waals surface area contributed by atoms with Gasteiger partial charge in [0.1, 0.15) is 5.75 Å². The van der Waals surface area contributed by atoms with Gasteiger partial charge in [-0.3, -0.25) is 0 Å². The van der Waals surface area contributed by atoms with Crippen LogP contribution in [-0.4, -0.2) is 5.11 Å². The van der Waals surface area contributed by atoms with E-state index in [1.807, 2.05) is 6.92 Å². The average molecular weight is 183 g/mol. The molecule has 0 amide bonds. The first-order valence-electron chi connectivity index (χ1n) is 3.74. The fourth-order valence-corrected chi connectivity index (χ4v) is 1.30. The smallest absolute Gasteiger partial charge is 0.123 e. The van der Waals surface area contributed by atoms with Crippen LogP contribution < -0.4 is 0 Å². The number of phenolic OH excluding ortho intramolecular Hbond substituents is 1. The molecule has 0 aliphatic rings. The van der Waals surface area contributed by atoms with Crippen molar-refractivity contribution in [2.45, 2.75) is 13.3 Å². The lowest BCUT2D eigenvalue weighted by Gasteiger charge is -2.06. The molecule has 0 unspecified atom stereocenters. The van der Waals surface area contributed by atoms with Crippen molar-refractivity contribution in [2.24, 2.45) is 0 Å². The highest BCUT2D eigenvalue weighted by atomic mass is 35.5. The summed E-state index contributed by atoms with van der Waals surface area (Å²) in [4.78, 5) is 0. The van der Waals surface area contributed by atoms with Gasteiger partial charge in [-0.1, -0.05) is 23.7 Å². The Bertz CT molecular complexity index is 305. The van der Waals surface area contributed by atoms with Crippen LogP contribution in [0.2, 0.25) is 5.02 Å². The molecule has 64 valence electrons. The first-order valence-corrected chi connectivity index (χ1v) is 4.12. The van der Waals surface area contributed by atoms with Crippen LogP contribution in [0.1, 0.15) is 11.1 Å². The molecule has 0 saturated carbocycles. The molecule has 1 aromatic carbocycles. The molecule has 0 spiro atoms. The fourth-order valence-electron chi connectivity index (χ4n) is 1.07. The lowest BCUT2D eigenvalue weighted by Crippen LogP contribution is -1.86. The Hall–Kier alpha value is -0.950. The summed E-state index contributed by atoms with van der Waals surface area (Å²) in [6.45, 7) is 5.44. The van der Waals surface area contributed by atoms with E-state index < -0.39 is 0 Å². The number of halogens is 1. The number of benzene rings is 1. The molecule has 2 heteroatoms. The molecule has 0 fully saturated rings. The van der Waals surface area contributed by atoms with Crippen LogP contribution >= 0.6 is 11.6 Å². The van der Waals surface area contributed by atoms with Crippen LogP contribution in [0.25, 0.3) is 0 Å². The van der Waals surface area contributed by atoms with E-state index in [4.69, 9.17) is 11.6 Å². The summed E-state index contributed by atoms with van der Waals surface area (Å²) < 4.78 is 0. The molecule has 0 aliphatic carbocycles. The molecule has 1 N–H and O–H groups in total. The van der Waals surface area contributed by atoms with Crippen LogP contribution in [0.5, 0.6) is 5.75 Å². The molecule has 1 rings (SSSR count). The minimum atomic E-state index is 0.280. The standard InChI is InChI=1S/C10H11ClO/c1-3-4-8-9(11)6-5-7(2)10(8)12/h3,5-6,12H,1,4H2,2H3. The largest absolute Gasteiger partial charge is 0.507 e. The highest BCUT2D eigenvalue weighted by Crippen LogP contribution is 2.29. The van der Waals surface area contributed by atoms with Gasteiger partial charge in [0.05, 0.1) is 0 Å². The Kier molecular flexibility index (Phi) is 2.77. The van der Waals surface area contributed by atoms with E-state index in [1.165, 1.54) is 0 Å². The second-order valence-electron chi connectivity index (χ2n) is 2.68. The molecule has 0 atom stereocenters. The van der Waals surface area contributed by atoms with Crippen molar-refractivity contribution in [1.29, 1.82) is 0 Å². The predicted octanol–water partition coefficient (Wildman–Crippen LogP) is 3.08. The number of aryl methyl sites for hydroxylation is 1. The third-order valence-electron chi connectivity index (χ3n) is 1.78. The maximum atomic E-state index is 9.58. The molecular formula is C10H11ClO. The Morgan fingerprint density at radius 3 is 2.83 bits per heavy atom. The Morgan fingerprint density at radius 1 is 1.58 bits per heavy atom. The van der Waals surface area contributed by atoms with E-state index in [0.29, 0.717) is 11.4 Å². The lowest BCUT2D eigenvalue weighted by molar-refractivity contribution is 0.465. The molecule has 0 aliphatic heterocycles. The van der Waals surface area contributed by atoms with Gasteiger partial charge in [0.15, 0.2) is 0 Å². The summed E-state index contributed by atoms with van der Waals surface area (Å²) in [5, 5.41) is 10.2. The molecule has 1 aromatic rings. The average Bonchev–Trinajstić information content (AvgIpc) is 2.06. The van der Waals surface area contributed by atoms with E-state index in [-0.39, 0.29) is 5.75 Å². The molecule has 0 bridgehead atoms. The van der Waals surface area contributed by atoms with Crippen LogP contribution in [0.4, 0.5) is 0 Å². The molecule has 0 saturated heterocycles. The van der Waals surface area contributed by atoms with Gasteiger partial charge in [0.2, 0.25) is 0 Å². The fraction of sp³-hybridized carbons (Fsp3) is 0.200. The minimum Gasteiger partial charge on any atom is -0.507 e. The van der Waals surface area contributed by atoms with Crippen molar-refractivity contribution in [3.8, 4) is 5.75 Å². The summed E-state index contributed by atoms with van der Waals surface area (Å²) in [5.41, 5.74) is 1.60. The molecule has 12 heavy (non-hydrogen) atoms. The molecular weight excluding hydrogens is 172 g/mol. The normalized spacial score (nSPS) is 9.83. The Balaban J connectivity index is 3.22. The zero-order chi connectivity index (χ0) is 9.14. The number of phenols is 1. The summed E-state index contributed by atoms with van der Waals surface area (Å²) >= 11 is 5.87. The molecule has 1 nitrogen and oxygen atoms in total. The van der Waals surface area contributed by atoms with Crippen molar-refractivity contribution >= 4 is 11.6 Å². The topological polar surface area (TPSA) is 20.2 Å². The highest BCUT2D eigenvalue weighted by molar-refractivity contribution is 6.31. The SMILES string of the molecule is C=CCc1c(Cl)ccc(C)c1O. The maximum Gasteiger partial charge on any atom is 0.123 e.